The Morgan fingerprint density at radius 2 is 2.07 bits per heavy atom. The molecule has 0 aliphatic carbocycles. The van der Waals surface area contributed by atoms with Gasteiger partial charge in [0, 0.05) is 12.0 Å². The average Bonchev–Trinajstić information content (AvgIpc) is 3.01. The molecule has 0 saturated carbocycles. The molecule has 11 heteroatoms. The number of ether oxygens (including phenoxy) is 1. The number of aromatic nitrogens is 1. The van der Waals surface area contributed by atoms with Gasteiger partial charge in [0.25, 0.3) is 0 Å². The van der Waals surface area contributed by atoms with Gasteiger partial charge in [-0.05, 0) is 12.5 Å². The molecule has 146 valence electrons. The molecule has 27 heavy (non-hydrogen) atoms. The average molecular weight is 420 g/mol. The zero-order valence-corrected chi connectivity index (χ0v) is 15.7. The number of thiazole rings is 1. The van der Waals surface area contributed by atoms with E-state index in [1.54, 1.807) is 6.92 Å². The van der Waals surface area contributed by atoms with Crippen LogP contribution < -0.4 is 9.46 Å². The van der Waals surface area contributed by atoms with Crippen molar-refractivity contribution in [2.45, 2.75) is 25.0 Å². The number of halogens is 3. The maximum absolute atomic E-state index is 14.0. The molecule has 0 radical (unpaired) electrons. The van der Waals surface area contributed by atoms with Gasteiger partial charge < -0.3 is 4.74 Å². The lowest BCUT2D eigenvalue weighted by Gasteiger charge is -2.15. The highest BCUT2D eigenvalue weighted by atomic mass is 32.2. The molecule has 0 saturated heterocycles. The lowest BCUT2D eigenvalue weighted by molar-refractivity contribution is -0.134. The molecule has 0 fully saturated rings. The first-order valence-corrected chi connectivity index (χ1v) is 10.00. The van der Waals surface area contributed by atoms with Crippen LogP contribution in [0.2, 0.25) is 0 Å². The molecule has 0 aliphatic heterocycles. The first-order valence-electron chi connectivity index (χ1n) is 7.63. The van der Waals surface area contributed by atoms with E-state index in [1.807, 2.05) is 0 Å². The number of nitrogens with one attached hydrogen (secondary N) is 1. The summed E-state index contributed by atoms with van der Waals surface area (Å²) in [7, 11) is -4.35. The molecule has 0 aliphatic rings. The van der Waals surface area contributed by atoms with E-state index in [0.717, 1.165) is 29.7 Å². The molecular formula is C16H15F3N2O4S2. The van der Waals surface area contributed by atoms with E-state index in [-0.39, 0.29) is 16.6 Å². The van der Waals surface area contributed by atoms with Crippen LogP contribution in [0.25, 0.3) is 0 Å². The van der Waals surface area contributed by atoms with E-state index in [0.29, 0.717) is 12.5 Å². The minimum absolute atomic E-state index is 0.0697. The molecule has 0 bridgehead atoms. The molecule has 2 aromatic rings. The van der Waals surface area contributed by atoms with Gasteiger partial charge >= 0.3 is 5.97 Å². The molecule has 0 spiro atoms. The molecule has 1 aromatic carbocycles. The van der Waals surface area contributed by atoms with E-state index in [1.165, 1.54) is 0 Å². The fraction of sp³-hybridized carbons (Fsp3) is 0.250. The maximum atomic E-state index is 14.0. The Hall–Kier alpha value is -2.40. The van der Waals surface area contributed by atoms with Gasteiger partial charge in [0.1, 0.15) is 5.25 Å². The van der Waals surface area contributed by atoms with Crippen LogP contribution in [0.1, 0.15) is 30.6 Å². The summed E-state index contributed by atoms with van der Waals surface area (Å²) in [6, 6.07) is 1.44. The van der Waals surface area contributed by atoms with Crippen LogP contribution in [-0.2, 0) is 14.8 Å². The van der Waals surface area contributed by atoms with E-state index in [4.69, 9.17) is 4.74 Å². The van der Waals surface area contributed by atoms with Crippen molar-refractivity contribution in [1.29, 1.82) is 0 Å². The predicted octanol–water partition coefficient (Wildman–Crippen LogP) is 3.93. The van der Waals surface area contributed by atoms with Gasteiger partial charge in [-0.15, -0.1) is 6.58 Å². The third-order valence-electron chi connectivity index (χ3n) is 3.30. The van der Waals surface area contributed by atoms with Gasteiger partial charge in [0.2, 0.25) is 15.1 Å². The minimum Gasteiger partial charge on any atom is -0.414 e. The first-order chi connectivity index (χ1) is 12.7. The smallest absolute Gasteiger partial charge is 0.312 e. The van der Waals surface area contributed by atoms with Crippen LogP contribution >= 0.6 is 11.3 Å². The Labute approximate surface area is 157 Å². The molecule has 6 nitrogen and oxygen atoms in total. The lowest BCUT2D eigenvalue weighted by atomic mass is 10.1. The molecule has 1 unspecified atom stereocenters. The van der Waals surface area contributed by atoms with E-state index in [9.17, 15) is 26.4 Å². The van der Waals surface area contributed by atoms with Gasteiger partial charge in [-0.25, -0.2) is 26.6 Å². The summed E-state index contributed by atoms with van der Waals surface area (Å²) in [6.07, 6.45) is 2.79. The van der Waals surface area contributed by atoms with Gasteiger partial charge in [0.15, 0.2) is 22.6 Å². The van der Waals surface area contributed by atoms with Crippen molar-refractivity contribution in [2.75, 3.05) is 4.72 Å². The van der Waals surface area contributed by atoms with Crippen LogP contribution in [-0.4, -0.2) is 19.4 Å². The largest absolute Gasteiger partial charge is 0.414 e. The summed E-state index contributed by atoms with van der Waals surface area (Å²) in [5.41, 5.74) is -0.609. The second-order valence-electron chi connectivity index (χ2n) is 5.28. The number of carbonyl (C=O) groups is 1. The first kappa shape index (κ1) is 20.9. The number of nitrogens with zero attached hydrogens (tertiary/aromatic N) is 1. The van der Waals surface area contributed by atoms with E-state index < -0.39 is 44.3 Å². The Balaban J connectivity index is 2.25. The maximum Gasteiger partial charge on any atom is 0.312 e. The van der Waals surface area contributed by atoms with Crippen molar-refractivity contribution in [3.05, 3.63) is 54.0 Å². The van der Waals surface area contributed by atoms with Crippen LogP contribution in [0, 0.1) is 17.5 Å². The Kier molecular flexibility index (Phi) is 6.60. The van der Waals surface area contributed by atoms with Crippen LogP contribution in [0.5, 0.6) is 5.06 Å². The van der Waals surface area contributed by atoms with Crippen LogP contribution in [0.3, 0.4) is 0 Å². The minimum atomic E-state index is -4.35. The van der Waals surface area contributed by atoms with Gasteiger partial charge in [0.05, 0.1) is 6.20 Å². The summed E-state index contributed by atoms with van der Waals surface area (Å²) in [4.78, 5) is 15.2. The number of hydrogen-bond acceptors (Lipinski definition) is 6. The quantitative estimate of drug-likeness (QED) is 0.397. The normalized spacial score (nSPS) is 12.4. The van der Waals surface area contributed by atoms with Gasteiger partial charge in [-0.2, -0.15) is 0 Å². The van der Waals surface area contributed by atoms with Crippen molar-refractivity contribution in [1.82, 2.24) is 4.98 Å². The Morgan fingerprint density at radius 1 is 1.37 bits per heavy atom. The van der Waals surface area contributed by atoms with Crippen molar-refractivity contribution in [3.8, 4) is 5.06 Å². The van der Waals surface area contributed by atoms with Crippen LogP contribution in [0.4, 0.5) is 18.3 Å². The number of hydrogen-bond donors (Lipinski definition) is 1. The fourth-order valence-electron chi connectivity index (χ4n) is 2.09. The monoisotopic (exact) mass is 420 g/mol. The van der Waals surface area contributed by atoms with Crippen molar-refractivity contribution in [2.24, 2.45) is 0 Å². The SMILES string of the molecule is C=CC(c1ccc(F)c(F)c1F)S(=O)(=O)Nc1ncc(OC(=O)CCC)s1. The summed E-state index contributed by atoms with van der Waals surface area (Å²) in [6.45, 7) is 5.11. The number of anilines is 1. The number of esters is 1. The molecule has 1 heterocycles. The summed E-state index contributed by atoms with van der Waals surface area (Å²) < 4.78 is 72.6. The van der Waals surface area contributed by atoms with Crippen molar-refractivity contribution in [3.63, 3.8) is 0 Å². The summed E-state index contributed by atoms with van der Waals surface area (Å²) in [5, 5.41) is -1.79. The lowest BCUT2D eigenvalue weighted by Crippen LogP contribution is -2.21. The van der Waals surface area contributed by atoms with E-state index in [2.05, 4.69) is 16.3 Å². The highest BCUT2D eigenvalue weighted by molar-refractivity contribution is 7.93. The fourth-order valence-corrected chi connectivity index (χ4v) is 4.33. The Morgan fingerprint density at radius 3 is 2.70 bits per heavy atom. The second-order valence-corrected chi connectivity index (χ2v) is 8.07. The number of sulfonamides is 1. The second kappa shape index (κ2) is 8.53. The molecule has 1 N–H and O–H groups in total. The third kappa shape index (κ3) is 4.86. The number of carbonyl (C=O) groups excluding carboxylic acids is 1. The summed E-state index contributed by atoms with van der Waals surface area (Å²) in [5.74, 6) is -5.35. The predicted molar refractivity (Wildman–Crippen MR) is 94.5 cm³/mol. The van der Waals surface area contributed by atoms with Crippen molar-refractivity contribution < 1.29 is 31.1 Å². The Bertz CT molecular complexity index is 961. The molecule has 1 aromatic heterocycles. The topological polar surface area (TPSA) is 85.4 Å². The highest BCUT2D eigenvalue weighted by Gasteiger charge is 2.30. The molecule has 0 amide bonds. The standard InChI is InChI=1S/C16H15F3N2O4S2/c1-3-5-12(22)25-13-8-20-16(26-13)21-27(23,24)11(4-2)9-6-7-10(17)15(19)14(9)18/h4,6-8,11H,2-3,5H2,1H3,(H,20,21). The van der Waals surface area contributed by atoms with E-state index >= 15 is 0 Å². The number of rotatable bonds is 8. The molecular weight excluding hydrogens is 405 g/mol. The molecule has 1 atom stereocenters. The van der Waals surface area contributed by atoms with Crippen LogP contribution in [0.15, 0.2) is 31.0 Å². The zero-order chi connectivity index (χ0) is 20.2. The highest BCUT2D eigenvalue weighted by Crippen LogP contribution is 2.32. The van der Waals surface area contributed by atoms with Gasteiger partial charge in [-0.3, -0.25) is 9.52 Å². The number of benzene rings is 1. The molecule has 2 rings (SSSR count). The summed E-state index contributed by atoms with van der Waals surface area (Å²) >= 11 is 0.740. The zero-order valence-electron chi connectivity index (χ0n) is 14.0. The van der Waals surface area contributed by atoms with Crippen molar-refractivity contribution >= 4 is 32.5 Å². The third-order valence-corrected chi connectivity index (χ3v) is 5.82. The van der Waals surface area contributed by atoms with Gasteiger partial charge in [-0.1, -0.05) is 30.4 Å².